The second kappa shape index (κ2) is 13.6. The molecule has 0 aliphatic rings. The van der Waals surface area contributed by atoms with Crippen molar-refractivity contribution in [3.05, 3.63) is 118 Å². The van der Waals surface area contributed by atoms with Crippen LogP contribution in [0.4, 0.5) is 0 Å². The summed E-state index contributed by atoms with van der Waals surface area (Å²) in [7, 11) is 0. The number of phenolic OH excluding ortho intramolecular Hbond substituents is 4. The van der Waals surface area contributed by atoms with Crippen LogP contribution < -0.4 is 0 Å². The molecule has 4 nitrogen and oxygen atoms in total. The number of para-hydroxylation sites is 3. The fraction of sp³-hybridized carbons (Fsp3) is 0.294. The first kappa shape index (κ1) is 28.6. The van der Waals surface area contributed by atoms with Gasteiger partial charge in [-0.05, 0) is 76.3 Å². The summed E-state index contributed by atoms with van der Waals surface area (Å²) in [5.74, 6) is 2.30. The molecule has 0 atom stereocenters. The van der Waals surface area contributed by atoms with Crippen molar-refractivity contribution in [2.45, 2.75) is 53.4 Å². The molecule has 0 spiro atoms. The summed E-state index contributed by atoms with van der Waals surface area (Å²) in [6, 6.07) is 26.1. The van der Waals surface area contributed by atoms with Crippen LogP contribution in [0.25, 0.3) is 0 Å². The number of aromatic hydroxyl groups is 4. The maximum atomic E-state index is 10.7. The van der Waals surface area contributed by atoms with Crippen LogP contribution in [0, 0.1) is 11.8 Å². The molecule has 4 aromatic rings. The van der Waals surface area contributed by atoms with Crippen LogP contribution in [0.15, 0.2) is 84.9 Å². The summed E-state index contributed by atoms with van der Waals surface area (Å²) in [5, 5.41) is 40.2. The van der Waals surface area contributed by atoms with Gasteiger partial charge in [-0.25, -0.2) is 0 Å². The quantitative estimate of drug-likeness (QED) is 0.194. The first-order chi connectivity index (χ1) is 18.1. The van der Waals surface area contributed by atoms with Crippen LogP contribution in [0.3, 0.4) is 0 Å². The van der Waals surface area contributed by atoms with Gasteiger partial charge in [-0.1, -0.05) is 94.4 Å². The van der Waals surface area contributed by atoms with Crippen molar-refractivity contribution in [3.63, 3.8) is 0 Å². The molecule has 0 saturated heterocycles. The summed E-state index contributed by atoms with van der Waals surface area (Å²) in [4.78, 5) is 0. The minimum Gasteiger partial charge on any atom is -0.508 e. The number of hydrogen-bond donors (Lipinski definition) is 4. The van der Waals surface area contributed by atoms with E-state index in [0.717, 1.165) is 46.2 Å². The Morgan fingerprint density at radius 3 is 1.53 bits per heavy atom. The predicted molar refractivity (Wildman–Crippen MR) is 155 cm³/mol. The maximum Gasteiger partial charge on any atom is 0.122 e. The minimum atomic E-state index is 0.235. The zero-order valence-electron chi connectivity index (χ0n) is 22.9. The summed E-state index contributed by atoms with van der Waals surface area (Å²) in [6.45, 7) is 8.54. The van der Waals surface area contributed by atoms with Gasteiger partial charge in [0.05, 0.1) is 0 Å². The van der Waals surface area contributed by atoms with E-state index >= 15 is 0 Å². The van der Waals surface area contributed by atoms with E-state index < -0.39 is 0 Å². The van der Waals surface area contributed by atoms with E-state index in [9.17, 15) is 20.4 Å². The van der Waals surface area contributed by atoms with Gasteiger partial charge in [0, 0.05) is 12.8 Å². The van der Waals surface area contributed by atoms with Crippen LogP contribution in [-0.4, -0.2) is 20.4 Å². The van der Waals surface area contributed by atoms with Gasteiger partial charge in [-0.2, -0.15) is 0 Å². The predicted octanol–water partition coefficient (Wildman–Crippen LogP) is 7.77. The Labute approximate surface area is 226 Å². The average molecular weight is 513 g/mol. The maximum absolute atomic E-state index is 10.7. The molecule has 0 amide bonds. The molecular weight excluding hydrogens is 472 g/mol. The molecule has 4 heteroatoms. The Bertz CT molecular complexity index is 1320. The first-order valence-electron chi connectivity index (χ1n) is 13.3. The highest BCUT2D eigenvalue weighted by Crippen LogP contribution is 2.30. The van der Waals surface area contributed by atoms with E-state index in [2.05, 4.69) is 27.7 Å². The van der Waals surface area contributed by atoms with E-state index in [1.807, 2.05) is 60.7 Å². The van der Waals surface area contributed by atoms with Gasteiger partial charge in [0.2, 0.25) is 0 Å². The molecule has 0 bridgehead atoms. The molecule has 0 unspecified atom stereocenters. The average Bonchev–Trinajstić information content (AvgIpc) is 2.86. The molecule has 0 saturated carbocycles. The van der Waals surface area contributed by atoms with Gasteiger partial charge in [0.25, 0.3) is 0 Å². The lowest BCUT2D eigenvalue weighted by molar-refractivity contribution is 0.459. The van der Waals surface area contributed by atoms with E-state index in [1.165, 1.54) is 0 Å². The van der Waals surface area contributed by atoms with Crippen LogP contribution >= 0.6 is 0 Å². The Morgan fingerprint density at radius 2 is 0.947 bits per heavy atom. The third kappa shape index (κ3) is 8.31. The second-order valence-corrected chi connectivity index (χ2v) is 10.7. The van der Waals surface area contributed by atoms with Crippen LogP contribution in [0.5, 0.6) is 23.0 Å². The zero-order chi connectivity index (χ0) is 27.7. The Morgan fingerprint density at radius 1 is 0.474 bits per heavy atom. The SMILES string of the molecule is CC(C)Cc1cc(Cc2cccc(Cc3ccccc3O)c2O)ccc1O.CC(C)Cc1ccccc1O. The number of rotatable bonds is 8. The molecule has 0 heterocycles. The van der Waals surface area contributed by atoms with Crippen molar-refractivity contribution >= 4 is 0 Å². The highest BCUT2D eigenvalue weighted by Gasteiger charge is 2.12. The van der Waals surface area contributed by atoms with Gasteiger partial charge in [-0.15, -0.1) is 0 Å². The van der Waals surface area contributed by atoms with Crippen molar-refractivity contribution in [3.8, 4) is 23.0 Å². The van der Waals surface area contributed by atoms with Crippen molar-refractivity contribution in [1.82, 2.24) is 0 Å². The molecule has 0 fully saturated rings. The molecule has 4 rings (SSSR count). The fourth-order valence-corrected chi connectivity index (χ4v) is 4.49. The number of hydrogen-bond acceptors (Lipinski definition) is 4. The van der Waals surface area contributed by atoms with Crippen molar-refractivity contribution in [2.24, 2.45) is 11.8 Å². The molecule has 4 aromatic carbocycles. The highest BCUT2D eigenvalue weighted by atomic mass is 16.3. The molecule has 200 valence electrons. The lowest BCUT2D eigenvalue weighted by Gasteiger charge is -2.13. The van der Waals surface area contributed by atoms with E-state index in [-0.39, 0.29) is 11.5 Å². The highest BCUT2D eigenvalue weighted by molar-refractivity contribution is 5.48. The van der Waals surface area contributed by atoms with Crippen molar-refractivity contribution in [1.29, 1.82) is 0 Å². The lowest BCUT2D eigenvalue weighted by atomic mass is 9.95. The largest absolute Gasteiger partial charge is 0.508 e. The topological polar surface area (TPSA) is 80.9 Å². The molecule has 0 radical (unpaired) electrons. The van der Waals surface area contributed by atoms with Gasteiger partial charge < -0.3 is 20.4 Å². The first-order valence-corrected chi connectivity index (χ1v) is 13.3. The van der Waals surface area contributed by atoms with E-state index in [0.29, 0.717) is 36.2 Å². The lowest BCUT2D eigenvalue weighted by Crippen LogP contribution is -1.98. The summed E-state index contributed by atoms with van der Waals surface area (Å²) in [6.07, 6.45) is 2.83. The normalized spacial score (nSPS) is 10.9. The summed E-state index contributed by atoms with van der Waals surface area (Å²) >= 11 is 0. The summed E-state index contributed by atoms with van der Waals surface area (Å²) < 4.78 is 0. The van der Waals surface area contributed by atoms with Gasteiger partial charge in [-0.3, -0.25) is 0 Å². The van der Waals surface area contributed by atoms with E-state index in [1.54, 1.807) is 24.3 Å². The van der Waals surface area contributed by atoms with Crippen LogP contribution in [0.1, 0.15) is 61.1 Å². The van der Waals surface area contributed by atoms with E-state index in [4.69, 9.17) is 0 Å². The smallest absolute Gasteiger partial charge is 0.122 e. The van der Waals surface area contributed by atoms with Gasteiger partial charge in [0.15, 0.2) is 0 Å². The molecular formula is C34H40O4. The Balaban J connectivity index is 0.000000304. The standard InChI is InChI=1S/C24H26O3.C10H14O/c1-16(2)12-21-14-17(10-11-23(21)26)13-19-7-5-8-20(24(19)27)15-18-6-3-4-9-22(18)25;1-8(2)7-9-5-3-4-6-10(9)11/h3-11,14,16,25-27H,12-13,15H2,1-2H3;3-6,8,11H,7H2,1-2H3. The van der Waals surface area contributed by atoms with Crippen molar-refractivity contribution in [2.75, 3.05) is 0 Å². The molecule has 0 aliphatic heterocycles. The molecule has 0 aliphatic carbocycles. The van der Waals surface area contributed by atoms with Gasteiger partial charge >= 0.3 is 0 Å². The third-order valence-corrected chi connectivity index (χ3v) is 6.36. The van der Waals surface area contributed by atoms with Crippen LogP contribution in [-0.2, 0) is 25.7 Å². The van der Waals surface area contributed by atoms with Crippen LogP contribution in [0.2, 0.25) is 0 Å². The molecule has 4 N–H and O–H groups in total. The zero-order valence-corrected chi connectivity index (χ0v) is 22.9. The second-order valence-electron chi connectivity index (χ2n) is 10.7. The minimum absolute atomic E-state index is 0.235. The van der Waals surface area contributed by atoms with Crippen molar-refractivity contribution < 1.29 is 20.4 Å². The number of phenols is 4. The fourth-order valence-electron chi connectivity index (χ4n) is 4.49. The third-order valence-electron chi connectivity index (χ3n) is 6.36. The Hall–Kier alpha value is -3.92. The summed E-state index contributed by atoms with van der Waals surface area (Å²) in [5.41, 5.74) is 5.45. The monoisotopic (exact) mass is 512 g/mol. The Kier molecular flexibility index (Phi) is 10.2. The molecule has 38 heavy (non-hydrogen) atoms. The number of benzene rings is 4. The van der Waals surface area contributed by atoms with Gasteiger partial charge in [0.1, 0.15) is 23.0 Å². The molecule has 0 aromatic heterocycles.